The number of rotatable bonds is 3. The van der Waals surface area contributed by atoms with E-state index >= 15 is 0 Å². The van der Waals surface area contributed by atoms with E-state index in [1.54, 1.807) is 0 Å². The summed E-state index contributed by atoms with van der Waals surface area (Å²) in [7, 11) is 0. The summed E-state index contributed by atoms with van der Waals surface area (Å²) in [5.74, 6) is -6.41. The van der Waals surface area contributed by atoms with Crippen LogP contribution in [0.15, 0.2) is 12.1 Å². The number of carboxylic acids is 1. The van der Waals surface area contributed by atoms with Crippen molar-refractivity contribution in [2.45, 2.75) is 19.3 Å². The number of hydrogen-bond donors (Lipinski definition) is 2. The van der Waals surface area contributed by atoms with E-state index in [2.05, 4.69) is 5.32 Å². The first-order valence-corrected chi connectivity index (χ1v) is 6.06. The highest BCUT2D eigenvalue weighted by Crippen LogP contribution is 2.32. The fourth-order valence-corrected chi connectivity index (χ4v) is 2.30. The van der Waals surface area contributed by atoms with Gasteiger partial charge in [-0.3, -0.25) is 9.59 Å². The van der Waals surface area contributed by atoms with Gasteiger partial charge in [-0.25, -0.2) is 13.2 Å². The minimum atomic E-state index is -1.34. The molecule has 0 bridgehead atoms. The van der Waals surface area contributed by atoms with Crippen LogP contribution in [0.5, 0.6) is 0 Å². The number of carbonyl (C=O) groups excluding carboxylic acids is 1. The average molecular weight is 287 g/mol. The molecule has 0 saturated heterocycles. The molecular formula is C13H12F3NO3. The lowest BCUT2D eigenvalue weighted by Gasteiger charge is -2.11. The molecule has 1 aliphatic carbocycles. The van der Waals surface area contributed by atoms with Crippen molar-refractivity contribution in [2.75, 3.05) is 5.32 Å². The number of halogens is 3. The number of aliphatic carboxylic acids is 1. The van der Waals surface area contributed by atoms with Gasteiger partial charge in [0.25, 0.3) is 0 Å². The first kappa shape index (κ1) is 14.4. The zero-order valence-corrected chi connectivity index (χ0v) is 10.3. The fourth-order valence-electron chi connectivity index (χ4n) is 2.30. The molecule has 1 fully saturated rings. The molecule has 4 nitrogen and oxygen atoms in total. The number of anilines is 1. The number of carbonyl (C=O) groups is 2. The maximum atomic E-state index is 13.4. The first-order chi connectivity index (χ1) is 9.38. The van der Waals surface area contributed by atoms with Gasteiger partial charge in [0.15, 0.2) is 11.6 Å². The molecule has 1 amide bonds. The summed E-state index contributed by atoms with van der Waals surface area (Å²) in [6.45, 7) is 0. The predicted octanol–water partition coefficient (Wildman–Crippen LogP) is 2.54. The van der Waals surface area contributed by atoms with Gasteiger partial charge in [-0.2, -0.15) is 0 Å². The smallest absolute Gasteiger partial charge is 0.306 e. The van der Waals surface area contributed by atoms with Gasteiger partial charge in [-0.1, -0.05) is 0 Å². The maximum Gasteiger partial charge on any atom is 0.306 e. The van der Waals surface area contributed by atoms with Crippen molar-refractivity contribution in [3.8, 4) is 0 Å². The Balaban J connectivity index is 2.06. The molecule has 0 spiro atoms. The lowest BCUT2D eigenvalue weighted by atomic mass is 10.0. The summed E-state index contributed by atoms with van der Waals surface area (Å²) in [6.07, 6.45) is 0.897. The van der Waals surface area contributed by atoms with Crippen LogP contribution in [-0.4, -0.2) is 17.0 Å². The van der Waals surface area contributed by atoms with Crippen LogP contribution in [-0.2, 0) is 9.59 Å². The quantitative estimate of drug-likeness (QED) is 0.840. The van der Waals surface area contributed by atoms with Crippen LogP contribution in [0.3, 0.4) is 0 Å². The molecule has 0 radical (unpaired) electrons. The van der Waals surface area contributed by atoms with Gasteiger partial charge >= 0.3 is 5.97 Å². The largest absolute Gasteiger partial charge is 0.481 e. The summed E-state index contributed by atoms with van der Waals surface area (Å²) in [6, 6.07) is 0.909. The minimum Gasteiger partial charge on any atom is -0.481 e. The normalized spacial score (nSPS) is 21.8. The van der Waals surface area contributed by atoms with E-state index in [-0.39, 0.29) is 6.42 Å². The van der Waals surface area contributed by atoms with Crippen molar-refractivity contribution < 1.29 is 27.9 Å². The summed E-state index contributed by atoms with van der Waals surface area (Å²) >= 11 is 0. The van der Waals surface area contributed by atoms with Gasteiger partial charge in [-0.05, 0) is 19.3 Å². The zero-order chi connectivity index (χ0) is 14.9. The second-order valence-corrected chi connectivity index (χ2v) is 4.78. The monoisotopic (exact) mass is 287 g/mol. The van der Waals surface area contributed by atoms with Crippen LogP contribution in [0.1, 0.15) is 19.3 Å². The average Bonchev–Trinajstić information content (AvgIpc) is 2.85. The third kappa shape index (κ3) is 2.92. The number of nitrogens with one attached hydrogen (secondary N) is 1. The Hall–Kier alpha value is -2.05. The second kappa shape index (κ2) is 5.52. The van der Waals surface area contributed by atoms with Gasteiger partial charge in [-0.15, -0.1) is 0 Å². The molecule has 108 valence electrons. The maximum absolute atomic E-state index is 13.4. The van der Waals surface area contributed by atoms with Crippen molar-refractivity contribution in [3.05, 3.63) is 29.6 Å². The highest BCUT2D eigenvalue weighted by molar-refractivity contribution is 5.93. The molecular weight excluding hydrogens is 275 g/mol. The molecule has 2 rings (SSSR count). The highest BCUT2D eigenvalue weighted by Gasteiger charge is 2.34. The third-order valence-corrected chi connectivity index (χ3v) is 3.42. The van der Waals surface area contributed by atoms with Gasteiger partial charge in [0.1, 0.15) is 5.82 Å². The van der Waals surface area contributed by atoms with Crippen LogP contribution < -0.4 is 5.32 Å². The van der Waals surface area contributed by atoms with Gasteiger partial charge < -0.3 is 10.4 Å². The minimum absolute atomic E-state index is 0.159. The molecule has 1 aromatic rings. The van der Waals surface area contributed by atoms with Crippen LogP contribution in [0.4, 0.5) is 18.9 Å². The summed E-state index contributed by atoms with van der Waals surface area (Å²) in [5.41, 5.74) is -0.451. The van der Waals surface area contributed by atoms with Crippen LogP contribution in [0.2, 0.25) is 0 Å². The molecule has 2 unspecified atom stereocenters. The Morgan fingerprint density at radius 1 is 1.05 bits per heavy atom. The van der Waals surface area contributed by atoms with E-state index in [0.29, 0.717) is 25.0 Å². The molecule has 20 heavy (non-hydrogen) atoms. The van der Waals surface area contributed by atoms with Crippen molar-refractivity contribution in [3.63, 3.8) is 0 Å². The predicted molar refractivity (Wildman–Crippen MR) is 63.4 cm³/mol. The Bertz CT molecular complexity index is 562. The lowest BCUT2D eigenvalue weighted by Crippen LogP contribution is -2.22. The van der Waals surface area contributed by atoms with Gasteiger partial charge in [0.2, 0.25) is 5.91 Å². The number of hydrogen-bond acceptors (Lipinski definition) is 2. The van der Waals surface area contributed by atoms with Crippen LogP contribution >= 0.6 is 0 Å². The molecule has 1 aliphatic rings. The molecule has 2 atom stereocenters. The topological polar surface area (TPSA) is 66.4 Å². The lowest BCUT2D eigenvalue weighted by molar-refractivity contribution is -0.141. The highest BCUT2D eigenvalue weighted by atomic mass is 19.2. The van der Waals surface area contributed by atoms with Gasteiger partial charge in [0, 0.05) is 18.1 Å². The SMILES string of the molecule is O=C(O)C1CCC(C(=O)Nc2cc(F)c(F)cc2F)C1. The molecule has 2 N–H and O–H groups in total. The molecule has 7 heteroatoms. The second-order valence-electron chi connectivity index (χ2n) is 4.78. The van der Waals surface area contributed by atoms with E-state index in [1.165, 1.54) is 0 Å². The van der Waals surface area contributed by atoms with Crippen molar-refractivity contribution in [2.24, 2.45) is 11.8 Å². The Morgan fingerprint density at radius 3 is 2.25 bits per heavy atom. The number of carboxylic acid groups (broad SMARTS) is 1. The van der Waals surface area contributed by atoms with E-state index in [1.807, 2.05) is 0 Å². The van der Waals surface area contributed by atoms with Crippen LogP contribution in [0.25, 0.3) is 0 Å². The Kier molecular flexibility index (Phi) is 3.96. The first-order valence-electron chi connectivity index (χ1n) is 6.06. The van der Waals surface area contributed by atoms with E-state index in [4.69, 9.17) is 5.11 Å². The van der Waals surface area contributed by atoms with Crippen molar-refractivity contribution >= 4 is 17.6 Å². The van der Waals surface area contributed by atoms with E-state index < -0.39 is 46.9 Å². The van der Waals surface area contributed by atoms with Gasteiger partial charge in [0.05, 0.1) is 11.6 Å². The molecule has 0 aromatic heterocycles. The summed E-state index contributed by atoms with van der Waals surface area (Å²) < 4.78 is 39.1. The van der Waals surface area contributed by atoms with Crippen LogP contribution in [0, 0.1) is 29.3 Å². The number of benzene rings is 1. The standard InChI is InChI=1S/C13H12F3NO3/c14-8-4-10(16)11(5-9(8)15)17-12(18)6-1-2-7(3-6)13(19)20/h4-7H,1-3H2,(H,17,18)(H,19,20). The Labute approximate surface area is 112 Å². The third-order valence-electron chi connectivity index (χ3n) is 3.42. The Morgan fingerprint density at radius 2 is 1.65 bits per heavy atom. The van der Waals surface area contributed by atoms with Crippen molar-refractivity contribution in [1.29, 1.82) is 0 Å². The molecule has 0 aliphatic heterocycles. The summed E-state index contributed by atoms with van der Waals surface area (Å²) in [4.78, 5) is 22.6. The number of amides is 1. The van der Waals surface area contributed by atoms with E-state index in [0.717, 1.165) is 0 Å². The summed E-state index contributed by atoms with van der Waals surface area (Å²) in [5, 5.41) is 11.0. The molecule has 0 heterocycles. The van der Waals surface area contributed by atoms with Crippen molar-refractivity contribution in [1.82, 2.24) is 0 Å². The molecule has 1 aromatic carbocycles. The molecule has 1 saturated carbocycles. The van der Waals surface area contributed by atoms with E-state index in [9.17, 15) is 22.8 Å². The fraction of sp³-hybridized carbons (Fsp3) is 0.385. The zero-order valence-electron chi connectivity index (χ0n) is 10.3.